The van der Waals surface area contributed by atoms with Crippen molar-refractivity contribution in [1.82, 2.24) is 21.3 Å². The summed E-state index contributed by atoms with van der Waals surface area (Å²) in [7, 11) is 1.56. The third kappa shape index (κ3) is 12.5. The molecule has 0 radical (unpaired) electrons. The van der Waals surface area contributed by atoms with Crippen molar-refractivity contribution in [1.29, 1.82) is 0 Å². The lowest BCUT2D eigenvalue weighted by Crippen LogP contribution is -2.58. The molecule has 0 aromatic heterocycles. The second-order valence-corrected chi connectivity index (χ2v) is 8.81. The molecule has 15 heteroatoms. The second-order valence-electron chi connectivity index (χ2n) is 7.66. The molecule has 0 aliphatic carbocycles. The molecule has 188 valence electrons. The molecule has 0 saturated heterocycles. The molecule has 0 aromatic rings. The Morgan fingerprint density at radius 2 is 1.64 bits per heavy atom. The van der Waals surface area contributed by atoms with Crippen LogP contribution in [0.2, 0.25) is 0 Å². The highest BCUT2D eigenvalue weighted by atomic mass is 32.1. The first-order chi connectivity index (χ1) is 15.2. The fourth-order valence-electron chi connectivity index (χ4n) is 2.61. The van der Waals surface area contributed by atoms with E-state index in [4.69, 9.17) is 16.6 Å². The molecular formula is C18H33N7O7S. The van der Waals surface area contributed by atoms with Gasteiger partial charge in [0.15, 0.2) is 5.96 Å². The van der Waals surface area contributed by atoms with Gasteiger partial charge in [0.25, 0.3) is 0 Å². The van der Waals surface area contributed by atoms with Crippen LogP contribution >= 0.6 is 12.6 Å². The number of carbonyl (C=O) groups is 5. The number of aliphatic imine (C=N–C) groups is 1. The lowest BCUT2D eigenvalue weighted by atomic mass is 10.0. The number of nitrogens with one attached hydrogen (secondary N) is 4. The monoisotopic (exact) mass is 491 g/mol. The number of rotatable bonds is 15. The van der Waals surface area contributed by atoms with Crippen LogP contribution < -0.4 is 32.7 Å². The second kappa shape index (κ2) is 14.2. The van der Waals surface area contributed by atoms with E-state index in [9.17, 15) is 29.1 Å². The fourth-order valence-corrected chi connectivity index (χ4v) is 2.79. The van der Waals surface area contributed by atoms with Gasteiger partial charge in [-0.05, 0) is 33.7 Å². The Morgan fingerprint density at radius 3 is 2.09 bits per heavy atom. The van der Waals surface area contributed by atoms with Gasteiger partial charge in [-0.15, -0.1) is 0 Å². The van der Waals surface area contributed by atoms with E-state index in [2.05, 4.69) is 38.9 Å². The maximum atomic E-state index is 12.5. The maximum absolute atomic E-state index is 12.5. The van der Waals surface area contributed by atoms with Crippen molar-refractivity contribution in [3.63, 3.8) is 0 Å². The van der Waals surface area contributed by atoms with Gasteiger partial charge in [0.05, 0.1) is 19.0 Å². The van der Waals surface area contributed by atoms with Crippen LogP contribution in [0.15, 0.2) is 4.99 Å². The number of hydrogen-bond acceptors (Lipinski definition) is 8. The summed E-state index contributed by atoms with van der Waals surface area (Å²) < 4.78 is -1.17. The van der Waals surface area contributed by atoms with Crippen LogP contribution in [0.4, 0.5) is 0 Å². The molecule has 3 atom stereocenters. The quantitative estimate of drug-likeness (QED) is 0.0486. The highest BCUT2D eigenvalue weighted by Gasteiger charge is 2.36. The summed E-state index contributed by atoms with van der Waals surface area (Å²) in [5.74, 6) is -5.19. The van der Waals surface area contributed by atoms with E-state index >= 15 is 0 Å². The van der Waals surface area contributed by atoms with Crippen LogP contribution in [-0.4, -0.2) is 88.8 Å². The average molecular weight is 492 g/mol. The first kappa shape index (κ1) is 29.9. The van der Waals surface area contributed by atoms with E-state index < -0.39 is 65.5 Å². The first-order valence-corrected chi connectivity index (χ1v) is 10.4. The van der Waals surface area contributed by atoms with Gasteiger partial charge in [-0.2, -0.15) is 12.6 Å². The van der Waals surface area contributed by atoms with Crippen molar-refractivity contribution in [2.24, 2.45) is 16.5 Å². The van der Waals surface area contributed by atoms with E-state index in [1.54, 1.807) is 7.05 Å². The lowest BCUT2D eigenvalue weighted by Gasteiger charge is -2.28. The number of carboxylic acid groups (broad SMARTS) is 2. The molecule has 0 heterocycles. The van der Waals surface area contributed by atoms with Gasteiger partial charge < -0.3 is 42.9 Å². The molecule has 0 aromatic carbocycles. The van der Waals surface area contributed by atoms with Crippen LogP contribution in [0.25, 0.3) is 0 Å². The molecule has 0 aliphatic heterocycles. The Labute approximate surface area is 196 Å². The number of likely N-dealkylation sites (N-methyl/N-ethyl adjacent to an activating group) is 1. The standard InChI is InChI=1S/C18H33N7O7S/c1-18(2,33)13(16(31)32)25-15(30)10(7-12(27)28)24-11(26)8-23-14(29)9(21-3)5-4-6-22-17(19)20/h9-10,13,21,33H,4-8H2,1-3H3,(H,23,29)(H,24,26)(H,25,30)(H,27,28)(H,31,32)(H4,19,20,22)/t9-,10-,13+/m0/s1. The first-order valence-electron chi connectivity index (χ1n) is 9.96. The SMILES string of the molecule is CN[C@@H](CCCN=C(N)N)C(=O)NCC(=O)N[C@@H](CC(=O)O)C(=O)N[C@H](C(=O)O)C(C)(C)S. The van der Waals surface area contributed by atoms with E-state index in [1.165, 1.54) is 13.8 Å². The van der Waals surface area contributed by atoms with Crippen LogP contribution in [0.5, 0.6) is 0 Å². The predicted molar refractivity (Wildman–Crippen MR) is 123 cm³/mol. The molecule has 14 nitrogen and oxygen atoms in total. The highest BCUT2D eigenvalue weighted by Crippen LogP contribution is 2.18. The minimum absolute atomic E-state index is 0.0651. The van der Waals surface area contributed by atoms with E-state index in [1.807, 2.05) is 0 Å². The van der Waals surface area contributed by atoms with Crippen LogP contribution in [0, 0.1) is 0 Å². The summed E-state index contributed by atoms with van der Waals surface area (Å²) in [6.07, 6.45) is 0.0752. The third-order valence-electron chi connectivity index (χ3n) is 4.30. The number of nitrogens with zero attached hydrogens (tertiary/aromatic N) is 1. The summed E-state index contributed by atoms with van der Waals surface area (Å²) >= 11 is 4.12. The van der Waals surface area contributed by atoms with Crippen LogP contribution in [0.1, 0.15) is 33.1 Å². The van der Waals surface area contributed by atoms with Crippen molar-refractivity contribution in [3.05, 3.63) is 0 Å². The van der Waals surface area contributed by atoms with Gasteiger partial charge in [-0.3, -0.25) is 24.2 Å². The summed E-state index contributed by atoms with van der Waals surface area (Å²) in [5.41, 5.74) is 10.5. The van der Waals surface area contributed by atoms with E-state index in [0.717, 1.165) is 0 Å². The highest BCUT2D eigenvalue weighted by molar-refractivity contribution is 7.81. The largest absolute Gasteiger partial charge is 0.481 e. The molecule has 0 aliphatic rings. The predicted octanol–water partition coefficient (Wildman–Crippen LogP) is -3.02. The number of guanidine groups is 1. The zero-order valence-electron chi connectivity index (χ0n) is 18.8. The van der Waals surface area contributed by atoms with Crippen LogP contribution in [0.3, 0.4) is 0 Å². The number of hydrogen-bond donors (Lipinski definition) is 9. The molecule has 10 N–H and O–H groups in total. The number of aliphatic carboxylic acids is 2. The van der Waals surface area contributed by atoms with Crippen molar-refractivity contribution in [3.8, 4) is 0 Å². The van der Waals surface area contributed by atoms with Gasteiger partial charge >= 0.3 is 11.9 Å². The Bertz CT molecular complexity index is 751. The molecular weight excluding hydrogens is 458 g/mol. The number of thiol groups is 1. The molecule has 3 amide bonds. The molecule has 0 fully saturated rings. The number of amides is 3. The number of carboxylic acids is 2. The number of nitrogens with two attached hydrogens (primary N) is 2. The normalized spacial score (nSPS) is 13.7. The van der Waals surface area contributed by atoms with E-state index in [0.29, 0.717) is 19.4 Å². The van der Waals surface area contributed by atoms with E-state index in [-0.39, 0.29) is 5.96 Å². The lowest BCUT2D eigenvalue weighted by molar-refractivity contribution is -0.144. The van der Waals surface area contributed by atoms with Crippen molar-refractivity contribution in [2.75, 3.05) is 20.1 Å². The molecule has 0 rings (SSSR count). The molecule has 33 heavy (non-hydrogen) atoms. The van der Waals surface area contributed by atoms with Gasteiger partial charge in [0.2, 0.25) is 17.7 Å². The Hall–Kier alpha value is -3.07. The van der Waals surface area contributed by atoms with Gasteiger partial charge in [0.1, 0.15) is 12.1 Å². The topological polar surface area (TPSA) is 238 Å². The Balaban J connectivity index is 4.96. The van der Waals surface area contributed by atoms with Crippen molar-refractivity contribution >= 4 is 48.2 Å². The van der Waals surface area contributed by atoms with Crippen molar-refractivity contribution < 1.29 is 34.2 Å². The minimum Gasteiger partial charge on any atom is -0.481 e. The Kier molecular flexibility index (Phi) is 12.8. The minimum atomic E-state index is -1.57. The molecule has 0 bridgehead atoms. The molecule has 0 spiro atoms. The zero-order chi connectivity index (χ0) is 25.8. The summed E-state index contributed by atoms with van der Waals surface area (Å²) in [5, 5.41) is 27.9. The molecule has 0 unspecified atom stereocenters. The zero-order valence-corrected chi connectivity index (χ0v) is 19.6. The maximum Gasteiger partial charge on any atom is 0.327 e. The average Bonchev–Trinajstić information content (AvgIpc) is 2.67. The summed E-state index contributed by atoms with van der Waals surface area (Å²) in [6, 6.07) is -3.65. The molecule has 0 saturated carbocycles. The summed E-state index contributed by atoms with van der Waals surface area (Å²) in [4.78, 5) is 63.2. The van der Waals surface area contributed by atoms with Crippen molar-refractivity contribution in [2.45, 2.75) is 56.0 Å². The van der Waals surface area contributed by atoms with Gasteiger partial charge in [-0.1, -0.05) is 0 Å². The summed E-state index contributed by atoms with van der Waals surface area (Å²) in [6.45, 7) is 2.69. The number of carbonyl (C=O) groups excluding carboxylic acids is 3. The Morgan fingerprint density at radius 1 is 1.03 bits per heavy atom. The fraction of sp³-hybridized carbons (Fsp3) is 0.667. The third-order valence-corrected chi connectivity index (χ3v) is 4.56. The van der Waals surface area contributed by atoms with Crippen LogP contribution in [-0.2, 0) is 24.0 Å². The van der Waals surface area contributed by atoms with Gasteiger partial charge in [-0.25, -0.2) is 4.79 Å². The van der Waals surface area contributed by atoms with Gasteiger partial charge in [0, 0.05) is 11.3 Å². The smallest absolute Gasteiger partial charge is 0.327 e.